The summed E-state index contributed by atoms with van der Waals surface area (Å²) in [6.07, 6.45) is 3.37. The maximum absolute atomic E-state index is 11.2. The minimum Gasteiger partial charge on any atom is -0.482 e. The van der Waals surface area contributed by atoms with Crippen LogP contribution in [0.4, 0.5) is 0 Å². The van der Waals surface area contributed by atoms with Gasteiger partial charge in [-0.3, -0.25) is 0 Å². The summed E-state index contributed by atoms with van der Waals surface area (Å²) < 4.78 is 10.1. The van der Waals surface area contributed by atoms with E-state index in [9.17, 15) is 4.79 Å². The Morgan fingerprint density at radius 2 is 2.04 bits per heavy atom. The molecule has 0 aliphatic rings. The molecule has 0 radical (unpaired) electrons. The molecule has 2 rings (SSSR count). The van der Waals surface area contributed by atoms with E-state index in [2.05, 4.69) is 42.2 Å². The number of rotatable bonds is 8. The van der Waals surface area contributed by atoms with Gasteiger partial charge >= 0.3 is 5.97 Å². The smallest absolute Gasteiger partial charge is 0.343 e. The molecule has 0 saturated heterocycles. The van der Waals surface area contributed by atoms with E-state index in [4.69, 9.17) is 4.74 Å². The first-order valence-corrected chi connectivity index (χ1v) is 9.25. The van der Waals surface area contributed by atoms with Crippen LogP contribution < -0.4 is 4.74 Å². The number of methoxy groups -OCH3 is 1. The second kappa shape index (κ2) is 8.88. The van der Waals surface area contributed by atoms with E-state index < -0.39 is 0 Å². The molecule has 0 bridgehead atoms. The molecule has 1 aromatic carbocycles. The predicted octanol–water partition coefficient (Wildman–Crippen LogP) is 5.04. The van der Waals surface area contributed by atoms with Gasteiger partial charge in [0.15, 0.2) is 6.61 Å². The molecule has 1 aromatic heterocycles. The number of thiophene rings is 1. The van der Waals surface area contributed by atoms with Crippen LogP contribution in [0.25, 0.3) is 0 Å². The average molecular weight is 346 g/mol. The van der Waals surface area contributed by atoms with Crippen LogP contribution in [-0.2, 0) is 16.0 Å². The summed E-state index contributed by atoms with van der Waals surface area (Å²) in [5.41, 5.74) is 3.72. The minimum absolute atomic E-state index is 0.0493. The van der Waals surface area contributed by atoms with Crippen LogP contribution in [0, 0.1) is 13.8 Å². The zero-order valence-corrected chi connectivity index (χ0v) is 15.7. The van der Waals surface area contributed by atoms with Crippen LogP contribution in [0.3, 0.4) is 0 Å². The summed E-state index contributed by atoms with van der Waals surface area (Å²) >= 11 is 1.87. The lowest BCUT2D eigenvalue weighted by Crippen LogP contribution is -2.13. The van der Waals surface area contributed by atoms with Crippen LogP contribution in [0.15, 0.2) is 29.6 Å². The van der Waals surface area contributed by atoms with Crippen molar-refractivity contribution in [1.29, 1.82) is 0 Å². The molecule has 0 N–H and O–H groups in total. The van der Waals surface area contributed by atoms with E-state index in [0.717, 1.165) is 24.2 Å². The number of aryl methyl sites for hydroxylation is 3. The summed E-state index contributed by atoms with van der Waals surface area (Å²) in [6, 6.07) is 8.50. The van der Waals surface area contributed by atoms with Gasteiger partial charge in [-0.25, -0.2) is 4.79 Å². The normalized spacial score (nSPS) is 12.0. The van der Waals surface area contributed by atoms with Crippen LogP contribution in [0.1, 0.15) is 47.3 Å². The third-order valence-electron chi connectivity index (χ3n) is 4.24. The number of hydrogen-bond donors (Lipinski definition) is 0. The van der Waals surface area contributed by atoms with Gasteiger partial charge in [0.1, 0.15) is 5.75 Å². The first kappa shape index (κ1) is 18.5. The minimum atomic E-state index is -0.365. The molecular weight excluding hydrogens is 320 g/mol. The summed E-state index contributed by atoms with van der Waals surface area (Å²) in [7, 11) is 1.36. The lowest BCUT2D eigenvalue weighted by molar-refractivity contribution is -0.142. The summed E-state index contributed by atoms with van der Waals surface area (Å²) in [4.78, 5) is 12.7. The standard InChI is InChI=1S/C20H26O3S/c1-5-17(19-10-14(2)13-24-19)8-6-16-7-9-18(15(3)11-16)23-12-20(21)22-4/h7,9-11,13,17H,5-6,8,12H2,1-4H3. The number of carbonyl (C=O) groups excluding carboxylic acids is 1. The van der Waals surface area contributed by atoms with Gasteiger partial charge in [-0.2, -0.15) is 0 Å². The SMILES string of the molecule is CCC(CCc1ccc(OCC(=O)OC)c(C)c1)c1cc(C)cs1. The fourth-order valence-electron chi connectivity index (χ4n) is 2.78. The van der Waals surface area contributed by atoms with Crippen LogP contribution in [0.5, 0.6) is 5.75 Å². The maximum Gasteiger partial charge on any atom is 0.343 e. The molecule has 1 atom stereocenters. The highest BCUT2D eigenvalue weighted by molar-refractivity contribution is 7.10. The Morgan fingerprint density at radius 1 is 1.25 bits per heavy atom. The molecule has 3 nitrogen and oxygen atoms in total. The molecule has 0 saturated carbocycles. The van der Waals surface area contributed by atoms with Crippen molar-refractivity contribution in [2.75, 3.05) is 13.7 Å². The number of esters is 1. The van der Waals surface area contributed by atoms with E-state index in [1.807, 2.05) is 24.3 Å². The highest BCUT2D eigenvalue weighted by Crippen LogP contribution is 2.30. The van der Waals surface area contributed by atoms with Crippen molar-refractivity contribution in [3.63, 3.8) is 0 Å². The average Bonchev–Trinajstić information content (AvgIpc) is 3.00. The zero-order valence-electron chi connectivity index (χ0n) is 14.9. The number of hydrogen-bond acceptors (Lipinski definition) is 4. The monoisotopic (exact) mass is 346 g/mol. The molecule has 0 amide bonds. The van der Waals surface area contributed by atoms with E-state index in [-0.39, 0.29) is 12.6 Å². The second-order valence-corrected chi connectivity index (χ2v) is 7.08. The van der Waals surface area contributed by atoms with Crippen molar-refractivity contribution in [1.82, 2.24) is 0 Å². The summed E-state index contributed by atoms with van der Waals surface area (Å²) in [6.45, 7) is 6.38. The van der Waals surface area contributed by atoms with Gasteiger partial charge in [-0.1, -0.05) is 19.1 Å². The predicted molar refractivity (Wildman–Crippen MR) is 99.1 cm³/mol. The molecule has 2 aromatic rings. The van der Waals surface area contributed by atoms with Gasteiger partial charge < -0.3 is 9.47 Å². The largest absolute Gasteiger partial charge is 0.482 e. The molecule has 0 fully saturated rings. The van der Waals surface area contributed by atoms with Crippen molar-refractivity contribution in [2.24, 2.45) is 0 Å². The zero-order chi connectivity index (χ0) is 17.5. The van der Waals surface area contributed by atoms with Crippen molar-refractivity contribution < 1.29 is 14.3 Å². The van der Waals surface area contributed by atoms with Crippen molar-refractivity contribution in [2.45, 2.75) is 46.0 Å². The Hall–Kier alpha value is -1.81. The lowest BCUT2D eigenvalue weighted by Gasteiger charge is -2.14. The molecule has 0 spiro atoms. The van der Waals surface area contributed by atoms with E-state index in [1.165, 1.54) is 29.5 Å². The Kier molecular flexibility index (Phi) is 6.85. The fourth-order valence-corrected chi connectivity index (χ4v) is 3.90. The molecular formula is C20H26O3S. The van der Waals surface area contributed by atoms with Gasteiger partial charge in [0.25, 0.3) is 0 Å². The Labute approximate surface area is 148 Å². The highest BCUT2D eigenvalue weighted by atomic mass is 32.1. The molecule has 1 heterocycles. The van der Waals surface area contributed by atoms with Crippen molar-refractivity contribution in [3.05, 3.63) is 51.2 Å². The third kappa shape index (κ3) is 5.10. The van der Waals surface area contributed by atoms with Crippen molar-refractivity contribution in [3.8, 4) is 5.75 Å². The fraction of sp³-hybridized carbons (Fsp3) is 0.450. The summed E-state index contributed by atoms with van der Waals surface area (Å²) in [5, 5.41) is 2.23. The van der Waals surface area contributed by atoms with Gasteiger partial charge in [0.05, 0.1) is 7.11 Å². The highest BCUT2D eigenvalue weighted by Gasteiger charge is 2.12. The topological polar surface area (TPSA) is 35.5 Å². The third-order valence-corrected chi connectivity index (χ3v) is 5.45. The molecule has 0 aliphatic heterocycles. The lowest BCUT2D eigenvalue weighted by atomic mass is 9.95. The number of benzene rings is 1. The molecule has 24 heavy (non-hydrogen) atoms. The first-order valence-electron chi connectivity index (χ1n) is 8.37. The first-order chi connectivity index (χ1) is 11.5. The quantitative estimate of drug-likeness (QED) is 0.628. The Morgan fingerprint density at radius 3 is 2.62 bits per heavy atom. The van der Waals surface area contributed by atoms with Crippen LogP contribution >= 0.6 is 11.3 Å². The van der Waals surface area contributed by atoms with Gasteiger partial charge in [0.2, 0.25) is 0 Å². The number of ether oxygens (including phenoxy) is 2. The molecule has 0 aliphatic carbocycles. The van der Waals surface area contributed by atoms with E-state index in [0.29, 0.717) is 5.92 Å². The van der Waals surface area contributed by atoms with Gasteiger partial charge in [-0.15, -0.1) is 11.3 Å². The second-order valence-electron chi connectivity index (χ2n) is 6.13. The number of carbonyl (C=O) groups is 1. The van der Waals surface area contributed by atoms with E-state index >= 15 is 0 Å². The van der Waals surface area contributed by atoms with Gasteiger partial charge in [0, 0.05) is 4.88 Å². The van der Waals surface area contributed by atoms with Crippen LogP contribution in [-0.4, -0.2) is 19.7 Å². The van der Waals surface area contributed by atoms with Gasteiger partial charge in [-0.05, 0) is 73.2 Å². The maximum atomic E-state index is 11.2. The summed E-state index contributed by atoms with van der Waals surface area (Å²) in [5.74, 6) is 1.000. The molecule has 1 unspecified atom stereocenters. The molecule has 4 heteroatoms. The molecule has 130 valence electrons. The van der Waals surface area contributed by atoms with E-state index in [1.54, 1.807) is 0 Å². The van der Waals surface area contributed by atoms with Crippen LogP contribution in [0.2, 0.25) is 0 Å². The Balaban J connectivity index is 1.95. The Bertz CT molecular complexity index is 675. The van der Waals surface area contributed by atoms with Crippen molar-refractivity contribution >= 4 is 17.3 Å².